The number of hydrogen-bond donors (Lipinski definition) is 1. The molecular weight excluding hydrogens is 448 g/mol. The van der Waals surface area contributed by atoms with Crippen LogP contribution in [-0.2, 0) is 17.9 Å². The number of aryl methyl sites for hydroxylation is 2. The van der Waals surface area contributed by atoms with Crippen molar-refractivity contribution < 1.29 is 9.53 Å². The number of nitrogens with one attached hydrogen (secondary N) is 1. The van der Waals surface area contributed by atoms with Crippen LogP contribution in [0.4, 0.5) is 5.69 Å². The number of ether oxygens (including phenoxy) is 1. The molecular formula is C30H34N4O2. The maximum Gasteiger partial charge on any atom is 0.238 e. The minimum Gasteiger partial charge on any atom is -0.486 e. The van der Waals surface area contributed by atoms with Crippen LogP contribution in [0.3, 0.4) is 0 Å². The molecule has 0 spiro atoms. The van der Waals surface area contributed by atoms with Crippen LogP contribution in [0.25, 0.3) is 11.0 Å². The van der Waals surface area contributed by atoms with E-state index in [2.05, 4.69) is 46.0 Å². The van der Waals surface area contributed by atoms with Crippen molar-refractivity contribution in [2.45, 2.75) is 39.8 Å². The van der Waals surface area contributed by atoms with E-state index in [-0.39, 0.29) is 5.91 Å². The molecule has 1 amide bonds. The van der Waals surface area contributed by atoms with Gasteiger partial charge < -0.3 is 14.6 Å². The second-order valence-corrected chi connectivity index (χ2v) is 9.82. The minimum atomic E-state index is 0.0568. The molecule has 0 atom stereocenters. The number of hydrogen-bond acceptors (Lipinski definition) is 4. The smallest absolute Gasteiger partial charge is 0.238 e. The van der Waals surface area contributed by atoms with Gasteiger partial charge >= 0.3 is 0 Å². The molecule has 3 aromatic carbocycles. The van der Waals surface area contributed by atoms with Crippen molar-refractivity contribution >= 4 is 22.6 Å². The molecule has 1 aromatic heterocycles. The molecule has 0 unspecified atom stereocenters. The molecule has 1 aliphatic rings. The number of aromatic nitrogens is 2. The zero-order chi connectivity index (χ0) is 24.9. The van der Waals surface area contributed by atoms with Crippen molar-refractivity contribution in [3.63, 3.8) is 0 Å². The summed E-state index contributed by atoms with van der Waals surface area (Å²) in [5.41, 5.74) is 5.36. The molecule has 4 aromatic rings. The number of carbonyl (C=O) groups is 1. The van der Waals surface area contributed by atoms with E-state index in [0.717, 1.165) is 66.3 Å². The summed E-state index contributed by atoms with van der Waals surface area (Å²) >= 11 is 0. The Morgan fingerprint density at radius 1 is 1.00 bits per heavy atom. The molecule has 1 saturated heterocycles. The van der Waals surface area contributed by atoms with Crippen molar-refractivity contribution in [1.29, 1.82) is 0 Å². The fourth-order valence-corrected chi connectivity index (χ4v) is 5.04. The maximum atomic E-state index is 12.7. The van der Waals surface area contributed by atoms with E-state index in [4.69, 9.17) is 9.72 Å². The van der Waals surface area contributed by atoms with Crippen LogP contribution < -0.4 is 10.1 Å². The minimum absolute atomic E-state index is 0.0568. The van der Waals surface area contributed by atoms with Gasteiger partial charge in [0.25, 0.3) is 0 Å². The Morgan fingerprint density at radius 3 is 2.53 bits per heavy atom. The third kappa shape index (κ3) is 5.77. The quantitative estimate of drug-likeness (QED) is 0.356. The maximum absolute atomic E-state index is 12.7. The summed E-state index contributed by atoms with van der Waals surface area (Å²) in [6, 6.07) is 24.3. The first kappa shape index (κ1) is 24.1. The molecule has 1 N–H and O–H groups in total. The Morgan fingerprint density at radius 2 is 1.75 bits per heavy atom. The van der Waals surface area contributed by atoms with E-state index < -0.39 is 0 Å². The molecule has 5 rings (SSSR count). The van der Waals surface area contributed by atoms with E-state index in [1.807, 2.05) is 55.5 Å². The van der Waals surface area contributed by atoms with Gasteiger partial charge in [0.1, 0.15) is 18.2 Å². The zero-order valence-electron chi connectivity index (χ0n) is 21.1. The lowest BCUT2D eigenvalue weighted by Gasteiger charge is -2.32. The average molecular weight is 483 g/mol. The first-order valence-electron chi connectivity index (χ1n) is 12.8. The van der Waals surface area contributed by atoms with Gasteiger partial charge in [-0.1, -0.05) is 48.0 Å². The van der Waals surface area contributed by atoms with Gasteiger partial charge in [-0.3, -0.25) is 9.69 Å². The van der Waals surface area contributed by atoms with E-state index in [0.29, 0.717) is 19.1 Å². The predicted molar refractivity (Wildman–Crippen MR) is 144 cm³/mol. The number of likely N-dealkylation sites (tertiary alicyclic amines) is 1. The Labute approximate surface area is 212 Å². The van der Waals surface area contributed by atoms with Crippen molar-refractivity contribution in [1.82, 2.24) is 14.5 Å². The van der Waals surface area contributed by atoms with Gasteiger partial charge in [0.05, 0.1) is 17.6 Å². The summed E-state index contributed by atoms with van der Waals surface area (Å²) in [5, 5.41) is 3.08. The highest BCUT2D eigenvalue weighted by atomic mass is 16.5. The Kier molecular flexibility index (Phi) is 7.33. The van der Waals surface area contributed by atoms with E-state index in [9.17, 15) is 4.79 Å². The largest absolute Gasteiger partial charge is 0.486 e. The van der Waals surface area contributed by atoms with E-state index in [1.165, 1.54) is 5.56 Å². The lowest BCUT2D eigenvalue weighted by atomic mass is 9.96. The molecule has 36 heavy (non-hydrogen) atoms. The number of fused-ring (bicyclic) bond motifs is 1. The highest BCUT2D eigenvalue weighted by Gasteiger charge is 2.23. The number of para-hydroxylation sites is 3. The number of imidazole rings is 1. The molecule has 2 heterocycles. The number of nitrogens with zero attached hydrogens (tertiary/aromatic N) is 3. The highest BCUT2D eigenvalue weighted by Crippen LogP contribution is 2.25. The molecule has 186 valence electrons. The summed E-state index contributed by atoms with van der Waals surface area (Å²) in [5.74, 6) is 2.40. The van der Waals surface area contributed by atoms with Crippen LogP contribution in [0.5, 0.6) is 5.75 Å². The molecule has 0 bridgehead atoms. The number of piperidine rings is 1. The van der Waals surface area contributed by atoms with Crippen LogP contribution >= 0.6 is 0 Å². The van der Waals surface area contributed by atoms with Gasteiger partial charge in [-0.05, 0) is 81.6 Å². The van der Waals surface area contributed by atoms with Gasteiger partial charge in [0.15, 0.2) is 0 Å². The number of carbonyl (C=O) groups excluding carboxylic acids is 1. The molecule has 6 heteroatoms. The topological polar surface area (TPSA) is 59.4 Å². The van der Waals surface area contributed by atoms with Crippen molar-refractivity contribution in [2.24, 2.45) is 5.92 Å². The van der Waals surface area contributed by atoms with Crippen LogP contribution in [0.15, 0.2) is 72.8 Å². The molecule has 0 aliphatic carbocycles. The summed E-state index contributed by atoms with van der Waals surface area (Å²) in [4.78, 5) is 19.8. The van der Waals surface area contributed by atoms with Crippen molar-refractivity contribution in [2.75, 3.05) is 25.0 Å². The number of rotatable bonds is 8. The summed E-state index contributed by atoms with van der Waals surface area (Å²) in [6.07, 6.45) is 2.12. The zero-order valence-corrected chi connectivity index (χ0v) is 21.1. The first-order valence-corrected chi connectivity index (χ1v) is 12.8. The Balaban J connectivity index is 1.19. The number of benzene rings is 3. The fourth-order valence-electron chi connectivity index (χ4n) is 5.04. The molecule has 1 fully saturated rings. The third-order valence-electron chi connectivity index (χ3n) is 7.02. The normalized spacial score (nSPS) is 14.7. The summed E-state index contributed by atoms with van der Waals surface area (Å²) in [7, 11) is 0. The first-order chi connectivity index (χ1) is 17.5. The molecule has 1 aliphatic heterocycles. The number of anilines is 1. The number of amides is 1. The highest BCUT2D eigenvalue weighted by molar-refractivity contribution is 5.93. The third-order valence-corrected chi connectivity index (χ3v) is 7.02. The molecule has 0 saturated carbocycles. The summed E-state index contributed by atoms with van der Waals surface area (Å²) in [6.45, 7) is 7.74. The van der Waals surface area contributed by atoms with Gasteiger partial charge in [-0.15, -0.1) is 0 Å². The lowest BCUT2D eigenvalue weighted by Crippen LogP contribution is -2.40. The fraction of sp³-hybridized carbons (Fsp3) is 0.333. The molecule has 0 radical (unpaired) electrons. The van der Waals surface area contributed by atoms with Gasteiger partial charge in [-0.2, -0.15) is 0 Å². The second kappa shape index (κ2) is 11.0. The van der Waals surface area contributed by atoms with E-state index >= 15 is 0 Å². The van der Waals surface area contributed by atoms with Crippen molar-refractivity contribution in [3.8, 4) is 5.75 Å². The van der Waals surface area contributed by atoms with Crippen molar-refractivity contribution in [3.05, 3.63) is 89.7 Å². The Bertz CT molecular complexity index is 1320. The van der Waals surface area contributed by atoms with Crippen LogP contribution in [0.2, 0.25) is 0 Å². The van der Waals surface area contributed by atoms with Crippen LogP contribution in [-0.4, -0.2) is 40.0 Å². The SMILES string of the molecule is Cc1ccc(NC(=O)CN2CCC(Cn3c(COc4ccccc4)nc4ccccc43)CC2)c(C)c1. The Hall–Kier alpha value is -3.64. The van der Waals surface area contributed by atoms with Crippen LogP contribution in [0.1, 0.15) is 29.8 Å². The van der Waals surface area contributed by atoms with Gasteiger partial charge in [0, 0.05) is 12.2 Å². The standard InChI is InChI=1S/C30H34N4O2/c1-22-12-13-26(23(2)18-22)32-30(35)20-33-16-14-24(15-17-33)19-34-28-11-7-6-10-27(28)31-29(34)21-36-25-8-4-3-5-9-25/h3-13,18,24H,14-17,19-21H2,1-2H3,(H,32,35). The summed E-state index contributed by atoms with van der Waals surface area (Å²) < 4.78 is 8.36. The predicted octanol–water partition coefficient (Wildman–Crippen LogP) is 5.58. The average Bonchev–Trinajstić information content (AvgIpc) is 3.23. The van der Waals surface area contributed by atoms with Crippen LogP contribution in [0, 0.1) is 19.8 Å². The van der Waals surface area contributed by atoms with Gasteiger partial charge in [-0.25, -0.2) is 4.98 Å². The lowest BCUT2D eigenvalue weighted by molar-refractivity contribution is -0.117. The van der Waals surface area contributed by atoms with Gasteiger partial charge in [0.2, 0.25) is 5.91 Å². The molecule has 6 nitrogen and oxygen atoms in total. The second-order valence-electron chi connectivity index (χ2n) is 9.82. The monoisotopic (exact) mass is 482 g/mol. The van der Waals surface area contributed by atoms with E-state index in [1.54, 1.807) is 0 Å².